The third-order valence-electron chi connectivity index (χ3n) is 5.99. The molecule has 0 aliphatic rings. The number of hydrogen-bond acceptors (Lipinski definition) is 6. The molecule has 5 rings (SSSR count). The van der Waals surface area contributed by atoms with Crippen molar-refractivity contribution in [2.24, 2.45) is 0 Å². The molecule has 1 atom stereocenters. The fraction of sp³-hybridized carbons (Fsp3) is 0.115. The SMILES string of the molecule is COc1ccc2c(c1)c(Cl)c(-c1nc(C)no1)n2-c1ccc(C(O)(C(=O)NCl)c2ccccc2)cc1. The number of methoxy groups -OCH3 is 1. The molecule has 2 N–H and O–H groups in total. The van der Waals surface area contributed by atoms with Crippen molar-refractivity contribution in [3.63, 3.8) is 0 Å². The normalized spacial score (nSPS) is 12.9. The number of nitrogens with one attached hydrogen (secondary N) is 1. The Balaban J connectivity index is 1.70. The van der Waals surface area contributed by atoms with Gasteiger partial charge in [0.2, 0.25) is 0 Å². The summed E-state index contributed by atoms with van der Waals surface area (Å²) in [7, 11) is 1.58. The first-order chi connectivity index (χ1) is 17.4. The van der Waals surface area contributed by atoms with Gasteiger partial charge in [0.1, 0.15) is 11.4 Å². The molecular weight excluding hydrogens is 503 g/mol. The molecule has 2 aromatic heterocycles. The Kier molecular flexibility index (Phi) is 6.17. The van der Waals surface area contributed by atoms with E-state index < -0.39 is 11.5 Å². The Hall–Kier alpha value is -3.85. The van der Waals surface area contributed by atoms with E-state index in [4.69, 9.17) is 32.6 Å². The average Bonchev–Trinajstić information content (AvgIpc) is 3.48. The monoisotopic (exact) mass is 522 g/mol. The van der Waals surface area contributed by atoms with Gasteiger partial charge in [-0.2, -0.15) is 4.98 Å². The minimum absolute atomic E-state index is 0.249. The molecule has 5 aromatic rings. The number of fused-ring (bicyclic) bond motifs is 1. The first-order valence-corrected chi connectivity index (χ1v) is 11.6. The lowest BCUT2D eigenvalue weighted by Gasteiger charge is -2.27. The Labute approximate surface area is 216 Å². The van der Waals surface area contributed by atoms with Gasteiger partial charge >= 0.3 is 0 Å². The second kappa shape index (κ2) is 9.31. The molecule has 0 fully saturated rings. The van der Waals surface area contributed by atoms with Crippen molar-refractivity contribution in [3.05, 3.63) is 94.8 Å². The summed E-state index contributed by atoms with van der Waals surface area (Å²) in [6.07, 6.45) is 0. The van der Waals surface area contributed by atoms with E-state index in [0.29, 0.717) is 39.1 Å². The molecule has 1 amide bonds. The maximum Gasteiger partial charge on any atom is 0.276 e. The number of amides is 1. The van der Waals surface area contributed by atoms with Crippen LogP contribution in [0.2, 0.25) is 5.02 Å². The van der Waals surface area contributed by atoms with Crippen LogP contribution in [0, 0.1) is 6.92 Å². The first-order valence-electron chi connectivity index (χ1n) is 10.9. The molecule has 0 saturated heterocycles. The van der Waals surface area contributed by atoms with E-state index in [9.17, 15) is 9.90 Å². The van der Waals surface area contributed by atoms with Gasteiger partial charge in [0.05, 0.1) is 17.6 Å². The van der Waals surface area contributed by atoms with Crippen LogP contribution >= 0.6 is 23.4 Å². The van der Waals surface area contributed by atoms with E-state index >= 15 is 0 Å². The number of nitrogens with zero attached hydrogens (tertiary/aromatic N) is 3. The molecule has 3 aromatic carbocycles. The number of carbonyl (C=O) groups is 1. The lowest BCUT2D eigenvalue weighted by atomic mass is 9.85. The van der Waals surface area contributed by atoms with Gasteiger partial charge in [-0.1, -0.05) is 59.2 Å². The van der Waals surface area contributed by atoms with Crippen molar-refractivity contribution >= 4 is 40.2 Å². The summed E-state index contributed by atoms with van der Waals surface area (Å²) in [6.45, 7) is 1.72. The topological polar surface area (TPSA) is 102 Å². The van der Waals surface area contributed by atoms with Crippen LogP contribution < -0.4 is 9.57 Å². The van der Waals surface area contributed by atoms with Crippen LogP contribution in [0.15, 0.2) is 77.3 Å². The molecular formula is C26H20Cl2N4O4. The Morgan fingerprint density at radius 3 is 2.39 bits per heavy atom. The molecule has 0 spiro atoms. The Morgan fingerprint density at radius 1 is 1.08 bits per heavy atom. The van der Waals surface area contributed by atoms with E-state index in [-0.39, 0.29) is 5.89 Å². The van der Waals surface area contributed by atoms with Crippen molar-refractivity contribution in [1.29, 1.82) is 0 Å². The summed E-state index contributed by atoms with van der Waals surface area (Å²) in [5.41, 5.74) is 0.668. The molecule has 0 radical (unpaired) electrons. The van der Waals surface area contributed by atoms with Crippen LogP contribution in [0.1, 0.15) is 17.0 Å². The molecule has 182 valence electrons. The summed E-state index contributed by atoms with van der Waals surface area (Å²) in [5.74, 6) is 0.585. The molecule has 0 aliphatic heterocycles. The largest absolute Gasteiger partial charge is 0.497 e. The maximum atomic E-state index is 12.7. The van der Waals surface area contributed by atoms with Crippen LogP contribution in [0.3, 0.4) is 0 Å². The number of rotatable bonds is 6. The van der Waals surface area contributed by atoms with Crippen LogP contribution in [0.25, 0.3) is 28.2 Å². The first kappa shape index (κ1) is 23.9. The lowest BCUT2D eigenvalue weighted by molar-refractivity contribution is -0.134. The molecule has 0 saturated carbocycles. The molecule has 0 bridgehead atoms. The van der Waals surface area contributed by atoms with E-state index in [1.165, 1.54) is 0 Å². The lowest BCUT2D eigenvalue weighted by Crippen LogP contribution is -2.42. The summed E-state index contributed by atoms with van der Waals surface area (Å²) in [5, 5.41) is 16.5. The van der Waals surface area contributed by atoms with Crippen LogP contribution in [-0.4, -0.2) is 32.8 Å². The molecule has 10 heteroatoms. The number of hydrogen-bond donors (Lipinski definition) is 2. The quantitative estimate of drug-likeness (QED) is 0.298. The van der Waals surface area contributed by atoms with Gasteiger partial charge in [0, 0.05) is 22.9 Å². The number of aryl methyl sites for hydroxylation is 1. The van der Waals surface area contributed by atoms with Gasteiger partial charge in [-0.05, 0) is 48.4 Å². The summed E-state index contributed by atoms with van der Waals surface area (Å²) in [4.78, 5) is 19.1. The molecule has 8 nitrogen and oxygen atoms in total. The second-order valence-electron chi connectivity index (χ2n) is 8.07. The summed E-state index contributed by atoms with van der Waals surface area (Å²) in [6, 6.07) is 20.9. The number of ether oxygens (including phenoxy) is 1. The third-order valence-corrected chi connectivity index (χ3v) is 6.55. The van der Waals surface area contributed by atoms with Crippen LogP contribution in [0.4, 0.5) is 0 Å². The predicted octanol–water partition coefficient (Wildman–Crippen LogP) is 5.16. The van der Waals surface area contributed by atoms with Gasteiger partial charge in [0.15, 0.2) is 11.4 Å². The minimum Gasteiger partial charge on any atom is -0.497 e. The van der Waals surface area contributed by atoms with Crippen LogP contribution in [0.5, 0.6) is 5.75 Å². The zero-order valence-electron chi connectivity index (χ0n) is 19.2. The molecule has 0 aliphatic carbocycles. The van der Waals surface area contributed by atoms with Crippen molar-refractivity contribution in [2.75, 3.05) is 7.11 Å². The average molecular weight is 523 g/mol. The zero-order valence-corrected chi connectivity index (χ0v) is 20.7. The van der Waals surface area contributed by atoms with E-state index in [0.717, 1.165) is 10.9 Å². The second-order valence-corrected chi connectivity index (χ2v) is 8.64. The minimum atomic E-state index is -2.00. The van der Waals surface area contributed by atoms with E-state index in [1.54, 1.807) is 68.6 Å². The van der Waals surface area contributed by atoms with Gasteiger partial charge < -0.3 is 18.9 Å². The zero-order chi connectivity index (χ0) is 25.4. The van der Waals surface area contributed by atoms with E-state index in [1.807, 2.05) is 27.6 Å². The number of aromatic nitrogens is 3. The fourth-order valence-corrected chi connectivity index (χ4v) is 4.69. The van der Waals surface area contributed by atoms with Gasteiger partial charge in [-0.3, -0.25) is 9.63 Å². The third kappa shape index (κ3) is 3.80. The van der Waals surface area contributed by atoms with E-state index in [2.05, 4.69) is 10.1 Å². The number of benzene rings is 3. The molecule has 1 unspecified atom stereocenters. The summed E-state index contributed by atoms with van der Waals surface area (Å²) < 4.78 is 12.7. The number of aliphatic hydroxyl groups is 1. The highest BCUT2D eigenvalue weighted by Crippen LogP contribution is 2.41. The standard InChI is InChI=1S/C26H20Cl2N4O4/c1-15-29-24(36-31-15)23-22(27)20-14-19(35-2)12-13-21(20)32(23)18-10-8-17(9-11-18)26(34,25(33)30-28)16-6-4-3-5-7-16/h3-14,34H,1-2H3,(H,30,33). The van der Waals surface area contributed by atoms with Gasteiger partial charge in [0.25, 0.3) is 11.8 Å². The Morgan fingerprint density at radius 2 is 1.78 bits per heavy atom. The number of halogens is 2. The van der Waals surface area contributed by atoms with Crippen molar-refractivity contribution in [1.82, 2.24) is 19.5 Å². The molecule has 36 heavy (non-hydrogen) atoms. The van der Waals surface area contributed by atoms with Crippen molar-refractivity contribution in [3.8, 4) is 23.0 Å². The number of carbonyl (C=O) groups excluding carboxylic acids is 1. The predicted molar refractivity (Wildman–Crippen MR) is 136 cm³/mol. The highest BCUT2D eigenvalue weighted by Gasteiger charge is 2.40. The Bertz CT molecular complexity index is 1560. The van der Waals surface area contributed by atoms with Crippen LogP contribution in [-0.2, 0) is 10.4 Å². The smallest absolute Gasteiger partial charge is 0.276 e. The van der Waals surface area contributed by atoms with Gasteiger partial charge in [-0.15, -0.1) is 0 Å². The highest BCUT2D eigenvalue weighted by molar-refractivity contribution is 6.38. The molecule has 2 heterocycles. The highest BCUT2D eigenvalue weighted by atomic mass is 35.5. The van der Waals surface area contributed by atoms with Gasteiger partial charge in [-0.25, -0.2) is 0 Å². The summed E-state index contributed by atoms with van der Waals surface area (Å²) >= 11 is 12.5. The van der Waals surface area contributed by atoms with Crippen molar-refractivity contribution < 1.29 is 19.2 Å². The van der Waals surface area contributed by atoms with Crippen molar-refractivity contribution in [2.45, 2.75) is 12.5 Å². The maximum absolute atomic E-state index is 12.7. The fourth-order valence-electron chi connectivity index (χ4n) is 4.24.